The van der Waals surface area contributed by atoms with E-state index in [1.165, 1.54) is 0 Å². The van der Waals surface area contributed by atoms with Crippen molar-refractivity contribution in [3.05, 3.63) is 58.1 Å². The molecule has 0 unspecified atom stereocenters. The molecule has 1 aromatic heterocycles. The molecule has 3 N–H and O–H groups in total. The van der Waals surface area contributed by atoms with Gasteiger partial charge in [0, 0.05) is 5.92 Å². The van der Waals surface area contributed by atoms with Crippen molar-refractivity contribution in [3.63, 3.8) is 0 Å². The van der Waals surface area contributed by atoms with Crippen LogP contribution in [0.15, 0.2) is 30.3 Å². The van der Waals surface area contributed by atoms with E-state index in [4.69, 9.17) is 0 Å². The predicted octanol–water partition coefficient (Wildman–Crippen LogP) is 2.92. The molecule has 6 nitrogen and oxygen atoms in total. The minimum Gasteiger partial charge on any atom is -0.481 e. The molecule has 0 radical (unpaired) electrons. The lowest BCUT2D eigenvalue weighted by Gasteiger charge is -2.24. The Hall–Kier alpha value is -2.73. The molecule has 3 aromatic rings. The first-order valence-corrected chi connectivity index (χ1v) is 8.17. The summed E-state index contributed by atoms with van der Waals surface area (Å²) < 4.78 is 0. The molecule has 0 saturated carbocycles. The third-order valence-corrected chi connectivity index (χ3v) is 4.92. The van der Waals surface area contributed by atoms with Crippen molar-refractivity contribution in [2.75, 3.05) is 0 Å². The molecule has 0 bridgehead atoms. The number of nitrogens with one attached hydrogen (secondary N) is 1. The Bertz CT molecular complexity index is 933. The second-order valence-electron chi connectivity index (χ2n) is 6.44. The minimum atomic E-state index is -0.865. The lowest BCUT2D eigenvalue weighted by molar-refractivity contribution is -0.141. The van der Waals surface area contributed by atoms with Crippen molar-refractivity contribution in [1.29, 1.82) is 0 Å². The zero-order valence-electron chi connectivity index (χ0n) is 14.4. The van der Waals surface area contributed by atoms with Crippen LogP contribution in [0.3, 0.4) is 0 Å². The lowest BCUT2D eigenvalue weighted by Crippen LogP contribution is -2.21. The van der Waals surface area contributed by atoms with Crippen molar-refractivity contribution in [2.24, 2.45) is 5.92 Å². The van der Waals surface area contributed by atoms with E-state index in [9.17, 15) is 15.0 Å². The number of aliphatic hydroxyl groups excluding tert-OH is 1. The summed E-state index contributed by atoms with van der Waals surface area (Å²) in [6.07, 6.45) is 0. The largest absolute Gasteiger partial charge is 0.481 e. The van der Waals surface area contributed by atoms with Gasteiger partial charge in [-0.05, 0) is 47.7 Å². The molecule has 0 fully saturated rings. The number of carboxylic acids is 1. The summed E-state index contributed by atoms with van der Waals surface area (Å²) in [7, 11) is 0. The fourth-order valence-corrected chi connectivity index (χ4v) is 3.34. The van der Waals surface area contributed by atoms with Gasteiger partial charge < -0.3 is 10.2 Å². The first-order valence-electron chi connectivity index (χ1n) is 8.17. The number of nitrogens with zero attached hydrogens (tertiary/aromatic N) is 2. The Morgan fingerprint density at radius 1 is 1.24 bits per heavy atom. The molecular formula is C19H21N3O3. The summed E-state index contributed by atoms with van der Waals surface area (Å²) in [4.78, 5) is 11.8. The zero-order chi connectivity index (χ0) is 18.1. The molecule has 2 aromatic carbocycles. The van der Waals surface area contributed by atoms with E-state index in [1.54, 1.807) is 6.92 Å². The van der Waals surface area contributed by atoms with E-state index in [1.807, 2.05) is 44.2 Å². The average Bonchev–Trinajstić information content (AvgIpc) is 3.07. The van der Waals surface area contributed by atoms with E-state index in [-0.39, 0.29) is 12.5 Å². The first-order chi connectivity index (χ1) is 11.9. The number of benzene rings is 2. The summed E-state index contributed by atoms with van der Waals surface area (Å²) in [5.74, 6) is -1.84. The molecule has 3 rings (SSSR count). The number of H-pyrrole nitrogens is 1. The van der Waals surface area contributed by atoms with Crippen LogP contribution in [0.1, 0.15) is 40.7 Å². The van der Waals surface area contributed by atoms with Gasteiger partial charge in [-0.2, -0.15) is 0 Å². The average molecular weight is 339 g/mol. The number of fused-ring (bicyclic) bond motifs is 1. The maximum atomic E-state index is 11.8. The number of aliphatic carboxylic acids is 1. The summed E-state index contributed by atoms with van der Waals surface area (Å²) in [5.41, 5.74) is 6.05. The topological polar surface area (TPSA) is 99.1 Å². The van der Waals surface area contributed by atoms with E-state index in [0.717, 1.165) is 38.9 Å². The molecule has 0 aliphatic rings. The minimum absolute atomic E-state index is 0.0743. The highest BCUT2D eigenvalue weighted by molar-refractivity contribution is 5.80. The van der Waals surface area contributed by atoms with E-state index < -0.39 is 11.9 Å². The Kier molecular flexibility index (Phi) is 4.55. The molecule has 2 atom stereocenters. The van der Waals surface area contributed by atoms with Crippen LogP contribution < -0.4 is 0 Å². The smallest absolute Gasteiger partial charge is 0.307 e. The monoisotopic (exact) mass is 339 g/mol. The van der Waals surface area contributed by atoms with E-state index in [2.05, 4.69) is 15.4 Å². The Labute approximate surface area is 145 Å². The number of carboxylic acid groups (broad SMARTS) is 1. The molecule has 6 heteroatoms. The second-order valence-corrected chi connectivity index (χ2v) is 6.44. The number of hydrogen-bond donors (Lipinski definition) is 3. The van der Waals surface area contributed by atoms with Gasteiger partial charge in [0.1, 0.15) is 5.52 Å². The Morgan fingerprint density at radius 2 is 2.00 bits per heavy atom. The normalized spacial score (nSPS) is 13.8. The fourth-order valence-electron chi connectivity index (χ4n) is 3.34. The second kappa shape index (κ2) is 6.64. The van der Waals surface area contributed by atoms with Gasteiger partial charge in [0.05, 0.1) is 18.0 Å². The zero-order valence-corrected chi connectivity index (χ0v) is 14.4. The third kappa shape index (κ3) is 3.00. The van der Waals surface area contributed by atoms with Gasteiger partial charge in [-0.3, -0.25) is 9.89 Å². The van der Waals surface area contributed by atoms with E-state index in [0.29, 0.717) is 0 Å². The fraction of sp³-hybridized carbons (Fsp3) is 0.316. The van der Waals surface area contributed by atoms with Crippen LogP contribution in [0.5, 0.6) is 0 Å². The highest BCUT2D eigenvalue weighted by Crippen LogP contribution is 2.36. The van der Waals surface area contributed by atoms with Gasteiger partial charge >= 0.3 is 5.97 Å². The van der Waals surface area contributed by atoms with Gasteiger partial charge in [-0.15, -0.1) is 5.10 Å². The highest BCUT2D eigenvalue weighted by Gasteiger charge is 2.29. The third-order valence-electron chi connectivity index (χ3n) is 4.92. The number of hydrogen-bond acceptors (Lipinski definition) is 4. The molecule has 130 valence electrons. The molecule has 0 spiro atoms. The van der Waals surface area contributed by atoms with Crippen molar-refractivity contribution >= 4 is 17.0 Å². The molecule has 0 saturated heterocycles. The van der Waals surface area contributed by atoms with Gasteiger partial charge in [0.15, 0.2) is 0 Å². The molecule has 25 heavy (non-hydrogen) atoms. The van der Waals surface area contributed by atoms with Crippen molar-refractivity contribution in [3.8, 4) is 0 Å². The molecule has 1 heterocycles. The number of rotatable bonds is 5. The number of aromatic amines is 1. The summed E-state index contributed by atoms with van der Waals surface area (Å²) in [6, 6.07) is 9.56. The van der Waals surface area contributed by atoms with E-state index >= 15 is 0 Å². The lowest BCUT2D eigenvalue weighted by atomic mass is 9.79. The van der Waals surface area contributed by atoms with Crippen LogP contribution >= 0.6 is 0 Å². The molecule has 0 amide bonds. The maximum absolute atomic E-state index is 11.8. The number of aryl methyl sites for hydroxylation is 2. The predicted molar refractivity (Wildman–Crippen MR) is 94.4 cm³/mol. The van der Waals surface area contributed by atoms with Gasteiger partial charge in [0.25, 0.3) is 0 Å². The van der Waals surface area contributed by atoms with Crippen molar-refractivity contribution < 1.29 is 15.0 Å². The maximum Gasteiger partial charge on any atom is 0.307 e. The number of carbonyl (C=O) groups is 1. The van der Waals surface area contributed by atoms with Crippen LogP contribution in [-0.2, 0) is 11.4 Å². The summed E-state index contributed by atoms with van der Waals surface area (Å²) >= 11 is 0. The van der Waals surface area contributed by atoms with Crippen molar-refractivity contribution in [2.45, 2.75) is 33.3 Å². The van der Waals surface area contributed by atoms with Crippen LogP contribution in [0, 0.1) is 19.8 Å². The SMILES string of the molecule is Cc1ccc([C@H](c2ccc3[nH]nnc3c2C)[C@@H](C)C(=O)O)cc1CO. The Morgan fingerprint density at radius 3 is 2.68 bits per heavy atom. The standard InChI is InChI=1S/C19H21N3O3/c1-10-4-5-13(8-14(10)9-23)17(12(3)19(24)25)15-6-7-16-18(11(15)2)21-22-20-16/h4-8,12,17,23H,9H2,1-3H3,(H,24,25)(H,20,21,22)/t12-,17-/m1/s1. The van der Waals surface area contributed by atoms with Gasteiger partial charge in [0.2, 0.25) is 0 Å². The number of aliphatic hydroxyl groups is 1. The van der Waals surface area contributed by atoms with Gasteiger partial charge in [-0.1, -0.05) is 36.4 Å². The quantitative estimate of drug-likeness (QED) is 0.664. The number of aromatic nitrogens is 3. The van der Waals surface area contributed by atoms with Crippen LogP contribution in [0.2, 0.25) is 0 Å². The first kappa shape index (κ1) is 17.1. The highest BCUT2D eigenvalue weighted by atomic mass is 16.4. The molecular weight excluding hydrogens is 318 g/mol. The van der Waals surface area contributed by atoms with Crippen LogP contribution in [0.4, 0.5) is 0 Å². The van der Waals surface area contributed by atoms with Crippen molar-refractivity contribution in [1.82, 2.24) is 15.4 Å². The van der Waals surface area contributed by atoms with Crippen LogP contribution in [0.25, 0.3) is 11.0 Å². The summed E-state index contributed by atoms with van der Waals surface area (Å²) in [6.45, 7) is 5.49. The van der Waals surface area contributed by atoms with Gasteiger partial charge in [-0.25, -0.2) is 0 Å². The molecule has 0 aliphatic heterocycles. The molecule has 0 aliphatic carbocycles. The summed E-state index contributed by atoms with van der Waals surface area (Å²) in [5, 5.41) is 30.0. The Balaban J connectivity index is 2.21. The van der Waals surface area contributed by atoms with Crippen LogP contribution in [-0.4, -0.2) is 31.6 Å².